The number of rotatable bonds is 6. The van der Waals surface area contributed by atoms with Crippen LogP contribution in [0.3, 0.4) is 0 Å². The maximum absolute atomic E-state index is 5.16. The zero-order valence-corrected chi connectivity index (χ0v) is 54.3. The average molecular weight is 1270 g/mol. The van der Waals surface area contributed by atoms with Gasteiger partial charge in [0.2, 0.25) is 0 Å². The number of fused-ring (bicyclic) bond motifs is 18. The Labute approximate surface area is 576 Å². The van der Waals surface area contributed by atoms with Gasteiger partial charge in [0.1, 0.15) is 0 Å². The predicted octanol–water partition coefficient (Wildman–Crippen LogP) is 25.9. The van der Waals surface area contributed by atoms with Crippen LogP contribution in [-0.4, -0.2) is 19.9 Å². The van der Waals surface area contributed by atoms with Crippen LogP contribution in [0.2, 0.25) is 0 Å². The van der Waals surface area contributed by atoms with Crippen LogP contribution in [0.15, 0.2) is 352 Å². The zero-order chi connectivity index (χ0) is 65.8. The van der Waals surface area contributed by atoms with E-state index in [4.69, 9.17) is 19.9 Å². The summed E-state index contributed by atoms with van der Waals surface area (Å²) in [6.45, 7) is 0. The van der Waals surface area contributed by atoms with Gasteiger partial charge < -0.3 is 0 Å². The maximum atomic E-state index is 5.16. The van der Waals surface area contributed by atoms with E-state index in [1.165, 1.54) is 142 Å². The number of hydrogen-bond donors (Lipinski definition) is 0. The molecule has 462 valence electrons. The molecule has 4 nitrogen and oxygen atoms in total. The Bertz CT molecular complexity index is 6960. The molecule has 0 atom stereocenters. The Morgan fingerprint density at radius 1 is 0.160 bits per heavy atom. The number of hydrogen-bond acceptors (Lipinski definition) is 4. The normalized spacial score (nSPS) is 11.8. The molecule has 0 saturated carbocycles. The Morgan fingerprint density at radius 3 is 1.14 bits per heavy atom. The lowest BCUT2D eigenvalue weighted by Crippen LogP contribution is -1.93. The fraction of sp³-hybridized carbons (Fsp3) is 0. The van der Waals surface area contributed by atoms with Gasteiger partial charge >= 0.3 is 0 Å². The van der Waals surface area contributed by atoms with Gasteiger partial charge in [-0.1, -0.05) is 291 Å². The summed E-state index contributed by atoms with van der Waals surface area (Å²) in [5.74, 6) is 0. The summed E-state index contributed by atoms with van der Waals surface area (Å²) in [5, 5.41) is 24.2. The molecule has 0 unspecified atom stereocenters. The molecule has 21 rings (SSSR count). The standard InChI is InChI=1S/C50H30N2.C46H28N2/c1-2-8-31(9-3-1)34-16-15-32-19-25-43-39(12-6-13-42(43)46(32)30-34)37-21-23-40-35(28-37)17-18-36-29-38(22-24-41(36)40)48-44-11-4-5-14-47(44)52-50-45(48)26-20-33-10-7-27-51-49(33)50;1-2-10-29(11-3-1)32-20-19-30-21-23-37-34(16-8-17-36(37)42(30)28-32)38-25-26-39(35-14-5-4-13-33(35)38)44-40-15-6-7-18-43(40)48-46-41(44)24-22-31-12-9-27-47-45(31)46/h1-30H;1-28H. The summed E-state index contributed by atoms with van der Waals surface area (Å²) in [7, 11) is 0. The minimum atomic E-state index is 0.932. The third-order valence-corrected chi connectivity index (χ3v) is 20.7. The molecule has 0 bridgehead atoms. The third kappa shape index (κ3) is 9.37. The molecule has 21 aromatic rings. The summed E-state index contributed by atoms with van der Waals surface area (Å²) in [6, 6.07) is 123. The third-order valence-electron chi connectivity index (χ3n) is 20.7. The predicted molar refractivity (Wildman–Crippen MR) is 424 cm³/mol. The molecule has 0 aliphatic carbocycles. The molecule has 0 saturated heterocycles. The highest BCUT2D eigenvalue weighted by atomic mass is 14.8. The lowest BCUT2D eigenvalue weighted by atomic mass is 9.87. The Kier molecular flexibility index (Phi) is 13.2. The summed E-state index contributed by atoms with van der Waals surface area (Å²) < 4.78 is 0. The van der Waals surface area contributed by atoms with Crippen molar-refractivity contribution in [1.82, 2.24) is 19.9 Å². The highest BCUT2D eigenvalue weighted by Gasteiger charge is 2.21. The molecule has 4 heteroatoms. The molecule has 0 amide bonds. The van der Waals surface area contributed by atoms with E-state index in [0.29, 0.717) is 0 Å². The zero-order valence-electron chi connectivity index (χ0n) is 54.3. The van der Waals surface area contributed by atoms with Gasteiger partial charge in [-0.3, -0.25) is 9.97 Å². The van der Waals surface area contributed by atoms with E-state index in [0.717, 1.165) is 65.4 Å². The van der Waals surface area contributed by atoms with Crippen LogP contribution in [0, 0.1) is 0 Å². The van der Waals surface area contributed by atoms with Crippen molar-refractivity contribution in [3.05, 3.63) is 352 Å². The number of aromatic nitrogens is 4. The van der Waals surface area contributed by atoms with Crippen LogP contribution in [0.4, 0.5) is 0 Å². The van der Waals surface area contributed by atoms with Crippen LogP contribution in [0.25, 0.3) is 208 Å². The van der Waals surface area contributed by atoms with Gasteiger partial charge in [-0.2, -0.15) is 0 Å². The number of benzene rings is 17. The van der Waals surface area contributed by atoms with Crippen molar-refractivity contribution < 1.29 is 0 Å². The highest BCUT2D eigenvalue weighted by Crippen LogP contribution is 2.46. The summed E-state index contributed by atoms with van der Waals surface area (Å²) in [5.41, 5.74) is 20.4. The van der Waals surface area contributed by atoms with Crippen LogP contribution in [0.1, 0.15) is 0 Å². The van der Waals surface area contributed by atoms with Gasteiger partial charge in [0.05, 0.1) is 33.1 Å². The van der Waals surface area contributed by atoms with Gasteiger partial charge in [0.25, 0.3) is 0 Å². The second kappa shape index (κ2) is 23.2. The first kappa shape index (κ1) is 57.0. The molecule has 100 heavy (non-hydrogen) atoms. The fourth-order valence-corrected chi connectivity index (χ4v) is 16.0. The van der Waals surface area contributed by atoms with Crippen molar-refractivity contribution in [3.8, 4) is 66.8 Å². The van der Waals surface area contributed by atoms with E-state index < -0.39 is 0 Å². The lowest BCUT2D eigenvalue weighted by Gasteiger charge is -2.17. The number of nitrogens with zero attached hydrogens (tertiary/aromatic N) is 4. The molecule has 17 aromatic carbocycles. The largest absolute Gasteiger partial charge is 0.254 e. The lowest BCUT2D eigenvalue weighted by molar-refractivity contribution is 1.40. The van der Waals surface area contributed by atoms with E-state index in [1.807, 2.05) is 24.5 Å². The van der Waals surface area contributed by atoms with E-state index in [9.17, 15) is 0 Å². The van der Waals surface area contributed by atoms with Crippen molar-refractivity contribution in [2.24, 2.45) is 0 Å². The first-order chi connectivity index (χ1) is 49.6. The van der Waals surface area contributed by atoms with E-state index in [1.54, 1.807) is 0 Å². The molecule has 0 aliphatic heterocycles. The molecule has 0 N–H and O–H groups in total. The molecule has 0 spiro atoms. The second-order valence-electron chi connectivity index (χ2n) is 26.3. The molecule has 0 aliphatic rings. The molecule has 0 radical (unpaired) electrons. The van der Waals surface area contributed by atoms with Crippen LogP contribution in [-0.2, 0) is 0 Å². The van der Waals surface area contributed by atoms with Gasteiger partial charge in [-0.15, -0.1) is 0 Å². The fourth-order valence-electron chi connectivity index (χ4n) is 16.0. The molecule has 4 heterocycles. The average Bonchev–Trinajstić information content (AvgIpc) is 0.731. The van der Waals surface area contributed by atoms with Crippen LogP contribution in [0.5, 0.6) is 0 Å². The van der Waals surface area contributed by atoms with Crippen molar-refractivity contribution in [1.29, 1.82) is 0 Å². The van der Waals surface area contributed by atoms with Gasteiger partial charge in [0.15, 0.2) is 0 Å². The Balaban J connectivity index is 0.000000135. The highest BCUT2D eigenvalue weighted by molar-refractivity contribution is 6.23. The van der Waals surface area contributed by atoms with Crippen LogP contribution < -0.4 is 0 Å². The minimum Gasteiger partial charge on any atom is -0.254 e. The Hall–Kier alpha value is -13.3. The van der Waals surface area contributed by atoms with Gasteiger partial charge in [-0.25, -0.2) is 9.97 Å². The topological polar surface area (TPSA) is 51.6 Å². The Morgan fingerprint density at radius 2 is 0.550 bits per heavy atom. The smallest absolute Gasteiger partial charge is 0.0978 e. The summed E-state index contributed by atoms with van der Waals surface area (Å²) >= 11 is 0. The molecular weight excluding hydrogens is 1210 g/mol. The monoisotopic (exact) mass is 1270 g/mol. The number of pyridine rings is 4. The molecule has 4 aromatic heterocycles. The van der Waals surface area contributed by atoms with Crippen molar-refractivity contribution in [2.45, 2.75) is 0 Å². The number of para-hydroxylation sites is 2. The quantitative estimate of drug-likeness (QED) is 0.123. The van der Waals surface area contributed by atoms with E-state index >= 15 is 0 Å². The van der Waals surface area contributed by atoms with Gasteiger partial charge in [-0.05, 0) is 180 Å². The molecule has 0 fully saturated rings. The first-order valence-electron chi connectivity index (χ1n) is 34.2. The maximum Gasteiger partial charge on any atom is 0.0978 e. The van der Waals surface area contributed by atoms with Crippen molar-refractivity contribution >= 4 is 141 Å². The van der Waals surface area contributed by atoms with Crippen molar-refractivity contribution in [3.63, 3.8) is 0 Å². The SMILES string of the molecule is c1ccc(-c2ccc3ccc4c(-c5ccc(-c6c7ccccc7nc7c6ccc6cccnc67)c6ccccc56)cccc4c3c2)cc1.c1ccc(-c2ccc3ccc4c(-c5ccc6c(ccc7cc(-c8c9ccccc9nc9c8ccc8cccnc89)ccc76)c5)cccc4c3c2)cc1. The van der Waals surface area contributed by atoms with Gasteiger partial charge in [0, 0.05) is 55.8 Å². The summed E-state index contributed by atoms with van der Waals surface area (Å²) in [6.07, 6.45) is 3.72. The first-order valence-corrected chi connectivity index (χ1v) is 34.2. The van der Waals surface area contributed by atoms with E-state index in [2.05, 4.69) is 328 Å². The van der Waals surface area contributed by atoms with E-state index in [-0.39, 0.29) is 0 Å². The van der Waals surface area contributed by atoms with Crippen LogP contribution >= 0.6 is 0 Å². The second-order valence-corrected chi connectivity index (χ2v) is 26.3. The minimum absolute atomic E-state index is 0.932. The van der Waals surface area contributed by atoms with Crippen molar-refractivity contribution in [2.75, 3.05) is 0 Å². The molecular formula is C96H58N4. The summed E-state index contributed by atoms with van der Waals surface area (Å²) in [4.78, 5) is 19.8.